The van der Waals surface area contributed by atoms with Crippen molar-refractivity contribution < 1.29 is 23.7 Å². The Hall–Kier alpha value is -2.53. The van der Waals surface area contributed by atoms with Gasteiger partial charge in [0.15, 0.2) is 6.10 Å². The van der Waals surface area contributed by atoms with Crippen LogP contribution in [0.3, 0.4) is 0 Å². The minimum Gasteiger partial charge on any atom is -0.486 e. The minimum atomic E-state index is -0.571. The number of methoxy groups -OCH3 is 1. The van der Waals surface area contributed by atoms with Gasteiger partial charge < -0.3 is 18.9 Å². The zero-order valence-electron chi connectivity index (χ0n) is 14.2. The smallest absolute Gasteiger partial charge is 0.302 e. The normalized spacial score (nSPS) is 25.8. The summed E-state index contributed by atoms with van der Waals surface area (Å²) in [7, 11) is 1.66. The second-order valence-corrected chi connectivity index (χ2v) is 6.33. The number of para-hydroxylation sites is 2. The molecule has 0 saturated carbocycles. The van der Waals surface area contributed by atoms with Crippen molar-refractivity contribution in [1.82, 2.24) is 0 Å². The molecule has 25 heavy (non-hydrogen) atoms. The van der Waals surface area contributed by atoms with Crippen LogP contribution in [0.5, 0.6) is 11.5 Å². The Morgan fingerprint density at radius 3 is 2.00 bits per heavy atom. The van der Waals surface area contributed by atoms with Gasteiger partial charge in [-0.2, -0.15) is 0 Å². The third kappa shape index (κ3) is 2.30. The molecule has 130 valence electrons. The summed E-state index contributed by atoms with van der Waals surface area (Å²) >= 11 is 0. The Bertz CT molecular complexity index is 789. The van der Waals surface area contributed by atoms with Crippen molar-refractivity contribution in [3.63, 3.8) is 0 Å². The van der Waals surface area contributed by atoms with E-state index >= 15 is 0 Å². The molecular formula is C20H20O5. The first-order valence-electron chi connectivity index (χ1n) is 8.32. The van der Waals surface area contributed by atoms with E-state index in [1.165, 1.54) is 6.92 Å². The highest BCUT2D eigenvalue weighted by molar-refractivity contribution is 5.66. The van der Waals surface area contributed by atoms with Gasteiger partial charge in [0.1, 0.15) is 29.6 Å². The summed E-state index contributed by atoms with van der Waals surface area (Å²) in [5, 5.41) is 0. The van der Waals surface area contributed by atoms with Crippen molar-refractivity contribution in [2.24, 2.45) is 0 Å². The number of carbonyl (C=O) groups excluding carboxylic acids is 1. The molecule has 2 heterocycles. The average Bonchev–Trinajstić information content (AvgIpc) is 3.11. The van der Waals surface area contributed by atoms with E-state index in [1.807, 2.05) is 36.4 Å². The van der Waals surface area contributed by atoms with E-state index in [-0.39, 0.29) is 24.8 Å². The SMILES string of the molecule is COCC1Oc2ccccc2C12c1ccccc1OC2COC(C)=O. The monoisotopic (exact) mass is 340 g/mol. The molecule has 5 nitrogen and oxygen atoms in total. The lowest BCUT2D eigenvalue weighted by Gasteiger charge is -2.34. The molecule has 0 radical (unpaired) electrons. The maximum Gasteiger partial charge on any atom is 0.302 e. The molecule has 0 fully saturated rings. The first-order chi connectivity index (χ1) is 12.2. The second kappa shape index (κ2) is 6.08. The number of hydrogen-bond donors (Lipinski definition) is 0. The van der Waals surface area contributed by atoms with Crippen LogP contribution in [0, 0.1) is 0 Å². The Kier molecular flexibility index (Phi) is 3.88. The fourth-order valence-electron chi connectivity index (χ4n) is 4.04. The summed E-state index contributed by atoms with van der Waals surface area (Å²) in [5.74, 6) is 1.28. The van der Waals surface area contributed by atoms with E-state index in [2.05, 4.69) is 12.1 Å². The van der Waals surface area contributed by atoms with Crippen LogP contribution in [0.4, 0.5) is 0 Å². The average molecular weight is 340 g/mol. The van der Waals surface area contributed by atoms with E-state index in [1.54, 1.807) is 7.11 Å². The molecule has 3 unspecified atom stereocenters. The molecule has 4 rings (SSSR count). The predicted octanol–water partition coefficient (Wildman–Crippen LogP) is 2.70. The number of benzene rings is 2. The summed E-state index contributed by atoms with van der Waals surface area (Å²) in [5.41, 5.74) is 1.51. The number of rotatable bonds is 4. The van der Waals surface area contributed by atoms with E-state index in [0.29, 0.717) is 6.61 Å². The molecule has 0 saturated heterocycles. The van der Waals surface area contributed by atoms with Crippen molar-refractivity contribution in [3.8, 4) is 11.5 Å². The first-order valence-corrected chi connectivity index (χ1v) is 8.32. The zero-order valence-corrected chi connectivity index (χ0v) is 14.2. The maximum absolute atomic E-state index is 11.4. The summed E-state index contributed by atoms with van der Waals surface area (Å²) in [6.07, 6.45) is -0.642. The van der Waals surface area contributed by atoms with Gasteiger partial charge in [0.2, 0.25) is 0 Å². The van der Waals surface area contributed by atoms with Gasteiger partial charge in [-0.05, 0) is 12.1 Å². The largest absolute Gasteiger partial charge is 0.486 e. The van der Waals surface area contributed by atoms with Gasteiger partial charge in [-0.25, -0.2) is 0 Å². The zero-order chi connectivity index (χ0) is 17.4. The van der Waals surface area contributed by atoms with Crippen LogP contribution in [0.15, 0.2) is 48.5 Å². The van der Waals surface area contributed by atoms with Gasteiger partial charge in [0.25, 0.3) is 0 Å². The fourth-order valence-corrected chi connectivity index (χ4v) is 4.04. The molecule has 0 amide bonds. The van der Waals surface area contributed by atoms with Crippen molar-refractivity contribution in [2.45, 2.75) is 24.5 Å². The minimum absolute atomic E-state index is 0.155. The van der Waals surface area contributed by atoms with Gasteiger partial charge >= 0.3 is 5.97 Å². The third-order valence-corrected chi connectivity index (χ3v) is 4.98. The lowest BCUT2D eigenvalue weighted by molar-refractivity contribution is -0.144. The van der Waals surface area contributed by atoms with Crippen LogP contribution in [0.25, 0.3) is 0 Å². The van der Waals surface area contributed by atoms with Gasteiger partial charge in [0.05, 0.1) is 6.61 Å². The van der Waals surface area contributed by atoms with Crippen LogP contribution >= 0.6 is 0 Å². The molecule has 0 aliphatic carbocycles. The Morgan fingerprint density at radius 1 is 0.960 bits per heavy atom. The number of hydrogen-bond acceptors (Lipinski definition) is 5. The highest BCUT2D eigenvalue weighted by Crippen LogP contribution is 2.56. The molecule has 2 aromatic rings. The first kappa shape index (κ1) is 16.0. The maximum atomic E-state index is 11.4. The molecule has 5 heteroatoms. The van der Waals surface area contributed by atoms with E-state index in [9.17, 15) is 4.79 Å². The quantitative estimate of drug-likeness (QED) is 0.801. The molecule has 2 aliphatic heterocycles. The van der Waals surface area contributed by atoms with Crippen LogP contribution < -0.4 is 9.47 Å². The van der Waals surface area contributed by atoms with Gasteiger partial charge in [-0.3, -0.25) is 4.79 Å². The molecule has 2 aliphatic rings. The Balaban J connectivity index is 1.89. The van der Waals surface area contributed by atoms with Crippen molar-refractivity contribution in [3.05, 3.63) is 59.7 Å². The molecule has 0 bridgehead atoms. The molecule has 2 aromatic carbocycles. The fraction of sp³-hybridized carbons (Fsp3) is 0.350. The summed E-state index contributed by atoms with van der Waals surface area (Å²) in [6, 6.07) is 15.9. The van der Waals surface area contributed by atoms with Gasteiger partial charge in [-0.1, -0.05) is 36.4 Å². The van der Waals surface area contributed by atoms with Crippen molar-refractivity contribution in [1.29, 1.82) is 0 Å². The lowest BCUT2D eigenvalue weighted by Crippen LogP contribution is -2.51. The Morgan fingerprint density at radius 2 is 1.48 bits per heavy atom. The van der Waals surface area contributed by atoms with Crippen LogP contribution in [0.1, 0.15) is 18.1 Å². The van der Waals surface area contributed by atoms with Gasteiger partial charge in [0, 0.05) is 25.2 Å². The standard InChI is InChI=1S/C20H20O5/c1-13(21)23-12-19-20(15-8-4-6-10-17(15)25-19)14-7-3-5-9-16(14)24-18(20)11-22-2/h3-10,18-19H,11-12H2,1-2H3. The molecule has 1 spiro atoms. The van der Waals surface area contributed by atoms with Crippen LogP contribution in [-0.2, 0) is 19.7 Å². The number of esters is 1. The topological polar surface area (TPSA) is 54.0 Å². The van der Waals surface area contributed by atoms with Gasteiger partial charge in [-0.15, -0.1) is 0 Å². The van der Waals surface area contributed by atoms with Crippen LogP contribution in [0.2, 0.25) is 0 Å². The van der Waals surface area contributed by atoms with E-state index in [0.717, 1.165) is 22.6 Å². The third-order valence-electron chi connectivity index (χ3n) is 4.98. The number of ether oxygens (including phenoxy) is 4. The Labute approximate surface area is 146 Å². The molecule has 3 atom stereocenters. The van der Waals surface area contributed by atoms with Crippen LogP contribution in [-0.4, -0.2) is 38.5 Å². The lowest BCUT2D eigenvalue weighted by atomic mass is 9.69. The van der Waals surface area contributed by atoms with Crippen molar-refractivity contribution >= 4 is 5.97 Å². The molecular weight excluding hydrogens is 320 g/mol. The summed E-state index contributed by atoms with van der Waals surface area (Å²) < 4.78 is 23.2. The molecule has 0 N–H and O–H groups in total. The van der Waals surface area contributed by atoms with Crippen molar-refractivity contribution in [2.75, 3.05) is 20.3 Å². The second-order valence-electron chi connectivity index (χ2n) is 6.33. The van der Waals surface area contributed by atoms with E-state index in [4.69, 9.17) is 18.9 Å². The number of carbonyl (C=O) groups is 1. The highest BCUT2D eigenvalue weighted by atomic mass is 16.6. The molecule has 0 aromatic heterocycles. The predicted molar refractivity (Wildman–Crippen MR) is 91.0 cm³/mol. The summed E-state index contributed by atoms with van der Waals surface area (Å²) in [4.78, 5) is 11.4. The number of fused-ring (bicyclic) bond motifs is 4. The highest BCUT2D eigenvalue weighted by Gasteiger charge is 2.61. The summed E-state index contributed by atoms with van der Waals surface area (Å²) in [6.45, 7) is 1.96. The van der Waals surface area contributed by atoms with E-state index < -0.39 is 5.41 Å².